The Morgan fingerprint density at radius 2 is 1.81 bits per heavy atom. The van der Waals surface area contributed by atoms with E-state index in [0.717, 1.165) is 5.69 Å². The van der Waals surface area contributed by atoms with Gasteiger partial charge >= 0.3 is 0 Å². The summed E-state index contributed by atoms with van der Waals surface area (Å²) in [5.74, 6) is 0.642. The molecular formula is C19H21N3O3S. The van der Waals surface area contributed by atoms with E-state index in [0.29, 0.717) is 48.0 Å². The molecule has 0 radical (unpaired) electrons. The van der Waals surface area contributed by atoms with E-state index in [1.54, 1.807) is 38.3 Å². The van der Waals surface area contributed by atoms with Crippen LogP contribution in [0, 0.1) is 18.3 Å². The highest BCUT2D eigenvalue weighted by atomic mass is 32.2. The Labute approximate surface area is 154 Å². The molecule has 1 heterocycles. The maximum absolute atomic E-state index is 13.0. The van der Waals surface area contributed by atoms with E-state index in [1.165, 1.54) is 4.31 Å². The second-order valence-electron chi connectivity index (χ2n) is 6.18. The van der Waals surface area contributed by atoms with Gasteiger partial charge in [0.2, 0.25) is 10.0 Å². The fourth-order valence-electron chi connectivity index (χ4n) is 3.14. The van der Waals surface area contributed by atoms with Crippen LogP contribution >= 0.6 is 0 Å². The van der Waals surface area contributed by atoms with Crippen LogP contribution in [-0.2, 0) is 10.0 Å². The van der Waals surface area contributed by atoms with E-state index in [4.69, 9.17) is 10.00 Å². The third-order valence-corrected chi connectivity index (χ3v) is 6.64. The van der Waals surface area contributed by atoms with Gasteiger partial charge < -0.3 is 9.64 Å². The standard InChI is InChI=1S/C19H21N3O3S/c1-15-12-18(25-2)6-7-19(15)26(23,24)22-10-8-21(9-11-22)17-5-3-4-16(13-17)14-20/h3-7,12-13H,8-11H2,1-2H3. The minimum atomic E-state index is -3.54. The van der Waals surface area contributed by atoms with E-state index in [9.17, 15) is 8.42 Å². The number of nitriles is 1. The number of nitrogens with zero attached hydrogens (tertiary/aromatic N) is 3. The van der Waals surface area contributed by atoms with Crippen LogP contribution in [0.1, 0.15) is 11.1 Å². The molecule has 2 aromatic carbocycles. The van der Waals surface area contributed by atoms with E-state index in [1.807, 2.05) is 18.2 Å². The Bertz CT molecular complexity index is 943. The van der Waals surface area contributed by atoms with Crippen LogP contribution in [0.3, 0.4) is 0 Å². The summed E-state index contributed by atoms with van der Waals surface area (Å²) in [6, 6.07) is 14.5. The first kappa shape index (κ1) is 18.2. The van der Waals surface area contributed by atoms with Crippen LogP contribution in [0.15, 0.2) is 47.4 Å². The first-order chi connectivity index (χ1) is 12.5. The Morgan fingerprint density at radius 1 is 1.08 bits per heavy atom. The molecule has 1 aliphatic rings. The first-order valence-electron chi connectivity index (χ1n) is 8.35. The smallest absolute Gasteiger partial charge is 0.243 e. The van der Waals surface area contributed by atoms with Gasteiger partial charge in [0.1, 0.15) is 5.75 Å². The molecule has 0 N–H and O–H groups in total. The van der Waals surface area contributed by atoms with Gasteiger partial charge in [0, 0.05) is 31.9 Å². The quantitative estimate of drug-likeness (QED) is 0.825. The lowest BCUT2D eigenvalue weighted by Gasteiger charge is -2.35. The molecule has 136 valence electrons. The van der Waals surface area contributed by atoms with Gasteiger partial charge in [-0.3, -0.25) is 0 Å². The number of anilines is 1. The summed E-state index contributed by atoms with van der Waals surface area (Å²) >= 11 is 0. The highest BCUT2D eigenvalue weighted by Crippen LogP contribution is 2.26. The van der Waals surface area contributed by atoms with Crippen LogP contribution in [0.25, 0.3) is 0 Å². The number of hydrogen-bond donors (Lipinski definition) is 0. The van der Waals surface area contributed by atoms with Crippen molar-refractivity contribution in [2.24, 2.45) is 0 Å². The lowest BCUT2D eigenvalue weighted by Crippen LogP contribution is -2.48. The molecular weight excluding hydrogens is 350 g/mol. The van der Waals surface area contributed by atoms with Gasteiger partial charge in [0.05, 0.1) is 23.6 Å². The highest BCUT2D eigenvalue weighted by Gasteiger charge is 2.29. The summed E-state index contributed by atoms with van der Waals surface area (Å²) < 4.78 is 32.6. The second-order valence-corrected chi connectivity index (χ2v) is 8.09. The maximum atomic E-state index is 13.0. The number of hydrogen-bond acceptors (Lipinski definition) is 5. The summed E-state index contributed by atoms with van der Waals surface area (Å²) in [4.78, 5) is 2.42. The van der Waals surface area contributed by atoms with Crippen LogP contribution < -0.4 is 9.64 Å². The SMILES string of the molecule is COc1ccc(S(=O)(=O)N2CCN(c3cccc(C#N)c3)CC2)c(C)c1. The van der Waals surface area contributed by atoms with E-state index < -0.39 is 10.0 Å². The molecule has 6 nitrogen and oxygen atoms in total. The monoisotopic (exact) mass is 371 g/mol. The van der Waals surface area contributed by atoms with Crippen molar-refractivity contribution in [3.8, 4) is 11.8 Å². The summed E-state index contributed by atoms with van der Waals surface area (Å²) in [6.45, 7) is 3.76. The molecule has 0 amide bonds. The van der Waals surface area contributed by atoms with Gasteiger partial charge in [-0.05, 0) is 48.9 Å². The molecule has 1 aliphatic heterocycles. The number of methoxy groups -OCH3 is 1. The lowest BCUT2D eigenvalue weighted by atomic mass is 10.2. The highest BCUT2D eigenvalue weighted by molar-refractivity contribution is 7.89. The van der Waals surface area contributed by atoms with Crippen molar-refractivity contribution in [3.05, 3.63) is 53.6 Å². The van der Waals surface area contributed by atoms with Gasteiger partial charge in [-0.25, -0.2) is 8.42 Å². The molecule has 0 unspecified atom stereocenters. The maximum Gasteiger partial charge on any atom is 0.243 e. The average Bonchev–Trinajstić information content (AvgIpc) is 2.67. The fourth-order valence-corrected chi connectivity index (χ4v) is 4.76. The van der Waals surface area contributed by atoms with Crippen molar-refractivity contribution >= 4 is 15.7 Å². The molecule has 0 spiro atoms. The van der Waals surface area contributed by atoms with Gasteiger partial charge in [-0.15, -0.1) is 0 Å². The summed E-state index contributed by atoms with van der Waals surface area (Å²) in [6.07, 6.45) is 0. The first-order valence-corrected chi connectivity index (χ1v) is 9.79. The minimum absolute atomic E-state index is 0.318. The van der Waals surface area contributed by atoms with Crippen molar-refractivity contribution < 1.29 is 13.2 Å². The summed E-state index contributed by atoms with van der Waals surface area (Å²) in [5.41, 5.74) is 2.22. The van der Waals surface area contributed by atoms with Crippen LogP contribution in [0.5, 0.6) is 5.75 Å². The van der Waals surface area contributed by atoms with E-state index >= 15 is 0 Å². The summed E-state index contributed by atoms with van der Waals surface area (Å²) in [5, 5.41) is 9.03. The molecule has 2 aromatic rings. The molecule has 0 saturated carbocycles. The zero-order chi connectivity index (χ0) is 18.7. The number of sulfonamides is 1. The Kier molecular flexibility index (Phi) is 5.16. The van der Waals surface area contributed by atoms with Crippen molar-refractivity contribution in [1.29, 1.82) is 5.26 Å². The Hall–Kier alpha value is -2.56. The van der Waals surface area contributed by atoms with Gasteiger partial charge in [0.25, 0.3) is 0 Å². The fraction of sp³-hybridized carbons (Fsp3) is 0.316. The number of aryl methyl sites for hydroxylation is 1. The van der Waals surface area contributed by atoms with Gasteiger partial charge in [-0.2, -0.15) is 9.57 Å². The lowest BCUT2D eigenvalue weighted by molar-refractivity contribution is 0.384. The zero-order valence-electron chi connectivity index (χ0n) is 14.8. The largest absolute Gasteiger partial charge is 0.497 e. The van der Waals surface area contributed by atoms with Gasteiger partial charge in [-0.1, -0.05) is 6.07 Å². The molecule has 0 atom stereocenters. The molecule has 1 saturated heterocycles. The number of piperazine rings is 1. The molecule has 0 aromatic heterocycles. The molecule has 7 heteroatoms. The Balaban J connectivity index is 1.75. The van der Waals surface area contributed by atoms with Gasteiger partial charge in [0.15, 0.2) is 0 Å². The summed E-state index contributed by atoms with van der Waals surface area (Å²) in [7, 11) is -1.98. The van der Waals surface area contributed by atoms with Crippen LogP contribution in [0.4, 0.5) is 5.69 Å². The molecule has 1 fully saturated rings. The predicted molar refractivity (Wildman–Crippen MR) is 99.9 cm³/mol. The molecule has 0 bridgehead atoms. The molecule has 3 rings (SSSR count). The van der Waals surface area contributed by atoms with E-state index in [-0.39, 0.29) is 0 Å². The predicted octanol–water partition coefficient (Wildman–Crippen LogP) is 2.39. The zero-order valence-corrected chi connectivity index (χ0v) is 15.7. The van der Waals surface area contributed by atoms with Crippen molar-refractivity contribution in [2.45, 2.75) is 11.8 Å². The van der Waals surface area contributed by atoms with E-state index in [2.05, 4.69) is 11.0 Å². The second kappa shape index (κ2) is 7.36. The molecule has 0 aliphatic carbocycles. The van der Waals surface area contributed by atoms with Crippen LogP contribution in [0.2, 0.25) is 0 Å². The number of benzene rings is 2. The third-order valence-electron chi connectivity index (χ3n) is 4.58. The Morgan fingerprint density at radius 3 is 2.42 bits per heavy atom. The molecule has 26 heavy (non-hydrogen) atoms. The van der Waals surface area contributed by atoms with Crippen molar-refractivity contribution in [2.75, 3.05) is 38.2 Å². The normalized spacial score (nSPS) is 15.5. The topological polar surface area (TPSA) is 73.6 Å². The van der Waals surface area contributed by atoms with Crippen molar-refractivity contribution in [3.63, 3.8) is 0 Å². The minimum Gasteiger partial charge on any atom is -0.497 e. The average molecular weight is 371 g/mol. The van der Waals surface area contributed by atoms with Crippen molar-refractivity contribution in [1.82, 2.24) is 4.31 Å². The third kappa shape index (κ3) is 3.52. The number of ether oxygens (including phenoxy) is 1. The van der Waals surface area contributed by atoms with Crippen LogP contribution in [-0.4, -0.2) is 46.0 Å². The number of rotatable bonds is 4.